The molecule has 42 heavy (non-hydrogen) atoms. The normalized spacial score (nSPS) is 20.1. The average Bonchev–Trinajstić information content (AvgIpc) is 3.03. The molecule has 3 aromatic carbocycles. The van der Waals surface area contributed by atoms with Gasteiger partial charge in [0.1, 0.15) is 5.82 Å². The van der Waals surface area contributed by atoms with Gasteiger partial charge < -0.3 is 15.4 Å². The van der Waals surface area contributed by atoms with Gasteiger partial charge in [0.15, 0.2) is 0 Å². The Morgan fingerprint density at radius 2 is 1.48 bits per heavy atom. The smallest absolute Gasteiger partial charge is 0.241 e. The van der Waals surface area contributed by atoms with Crippen LogP contribution in [0.25, 0.3) is 21.7 Å². The number of anilines is 2. The number of nitrogens with one attached hydrogen (secondary N) is 3. The van der Waals surface area contributed by atoms with Crippen LogP contribution in [-0.4, -0.2) is 75.8 Å². The minimum absolute atomic E-state index is 0.338. The number of benzene rings is 3. The summed E-state index contributed by atoms with van der Waals surface area (Å²) in [6, 6.07) is 21.2. The summed E-state index contributed by atoms with van der Waals surface area (Å²) < 4.78 is 34.6. The molecule has 2 heterocycles. The van der Waals surface area contributed by atoms with Crippen LogP contribution in [0.1, 0.15) is 25.7 Å². The lowest BCUT2D eigenvalue weighted by atomic mass is 9.82. The maximum Gasteiger partial charge on any atom is 0.241 e. The van der Waals surface area contributed by atoms with E-state index < -0.39 is 10.0 Å². The maximum atomic E-state index is 13.1. The van der Waals surface area contributed by atoms with Crippen molar-refractivity contribution in [3.05, 3.63) is 66.7 Å². The molecule has 4 aromatic rings. The first-order valence-corrected chi connectivity index (χ1v) is 16.6. The number of ether oxygens (including phenoxy) is 1. The van der Waals surface area contributed by atoms with E-state index in [0.29, 0.717) is 29.2 Å². The number of sulfonamides is 1. The zero-order chi connectivity index (χ0) is 28.8. The molecule has 0 atom stereocenters. The number of para-hydroxylation sites is 1. The van der Waals surface area contributed by atoms with E-state index in [0.717, 1.165) is 99.1 Å². The number of aromatic nitrogens is 2. The Hall–Kier alpha value is -3.31. The molecule has 0 bridgehead atoms. The molecule has 1 saturated heterocycles. The van der Waals surface area contributed by atoms with Crippen LogP contribution in [0.5, 0.6) is 0 Å². The molecule has 0 spiro atoms. The highest BCUT2D eigenvalue weighted by Crippen LogP contribution is 2.30. The van der Waals surface area contributed by atoms with Crippen molar-refractivity contribution in [1.82, 2.24) is 19.6 Å². The van der Waals surface area contributed by atoms with E-state index in [-0.39, 0.29) is 0 Å². The number of morpholine rings is 1. The van der Waals surface area contributed by atoms with Gasteiger partial charge in [-0.1, -0.05) is 48.5 Å². The first-order valence-electron chi connectivity index (χ1n) is 15.1. The van der Waals surface area contributed by atoms with Crippen molar-refractivity contribution in [3.8, 4) is 0 Å². The van der Waals surface area contributed by atoms with E-state index in [1.165, 1.54) is 0 Å². The number of nitrogens with zero attached hydrogens (tertiary/aromatic N) is 3. The van der Waals surface area contributed by atoms with Crippen LogP contribution in [0.15, 0.2) is 71.6 Å². The van der Waals surface area contributed by atoms with Gasteiger partial charge in [-0.2, -0.15) is 4.98 Å². The van der Waals surface area contributed by atoms with Gasteiger partial charge in [-0.05, 0) is 61.1 Å². The molecule has 0 radical (unpaired) electrons. The zero-order valence-corrected chi connectivity index (χ0v) is 24.8. The van der Waals surface area contributed by atoms with Gasteiger partial charge in [0.25, 0.3) is 0 Å². The van der Waals surface area contributed by atoms with Crippen LogP contribution in [0.4, 0.5) is 11.8 Å². The third-order valence-electron chi connectivity index (χ3n) is 8.54. The molecule has 1 aromatic heterocycles. The summed E-state index contributed by atoms with van der Waals surface area (Å²) >= 11 is 0. The molecule has 1 aliphatic heterocycles. The van der Waals surface area contributed by atoms with Crippen LogP contribution in [0.3, 0.4) is 0 Å². The molecule has 3 N–H and O–H groups in total. The van der Waals surface area contributed by atoms with Crippen LogP contribution < -0.4 is 15.4 Å². The Morgan fingerprint density at radius 1 is 0.786 bits per heavy atom. The van der Waals surface area contributed by atoms with Crippen molar-refractivity contribution in [2.24, 2.45) is 11.8 Å². The molecule has 0 unspecified atom stereocenters. The average molecular weight is 589 g/mol. The summed E-state index contributed by atoms with van der Waals surface area (Å²) in [5.74, 6) is 2.35. The summed E-state index contributed by atoms with van der Waals surface area (Å²) in [6.07, 6.45) is 4.09. The predicted octanol–water partition coefficient (Wildman–Crippen LogP) is 4.72. The van der Waals surface area contributed by atoms with Crippen molar-refractivity contribution in [2.45, 2.75) is 30.6 Å². The number of fused-ring (bicyclic) bond motifs is 2. The van der Waals surface area contributed by atoms with E-state index in [2.05, 4.69) is 26.3 Å². The maximum absolute atomic E-state index is 13.1. The summed E-state index contributed by atoms with van der Waals surface area (Å²) in [6.45, 7) is 6.58. The molecule has 1 aliphatic carbocycles. The second kappa shape index (κ2) is 13.3. The van der Waals surface area contributed by atoms with E-state index in [1.807, 2.05) is 48.5 Å². The predicted molar refractivity (Wildman–Crippen MR) is 168 cm³/mol. The molecule has 6 rings (SSSR count). The third kappa shape index (κ3) is 7.00. The van der Waals surface area contributed by atoms with Crippen molar-refractivity contribution in [1.29, 1.82) is 0 Å². The summed E-state index contributed by atoms with van der Waals surface area (Å²) in [5, 5.41) is 9.75. The van der Waals surface area contributed by atoms with Crippen LogP contribution in [0.2, 0.25) is 0 Å². The minimum Gasteiger partial charge on any atom is -0.379 e. The molecular formula is C32H40N6O3S. The fourth-order valence-electron chi connectivity index (χ4n) is 6.06. The molecule has 0 amide bonds. The molecule has 2 aliphatic rings. The van der Waals surface area contributed by atoms with Gasteiger partial charge in [0.2, 0.25) is 16.0 Å². The van der Waals surface area contributed by atoms with E-state index in [9.17, 15) is 8.42 Å². The summed E-state index contributed by atoms with van der Waals surface area (Å²) in [4.78, 5) is 12.4. The molecule has 9 nitrogen and oxygen atoms in total. The highest BCUT2D eigenvalue weighted by molar-refractivity contribution is 7.89. The van der Waals surface area contributed by atoms with E-state index in [1.54, 1.807) is 12.1 Å². The molecule has 1 saturated carbocycles. The molecule has 2 fully saturated rings. The number of hydrogen-bond donors (Lipinski definition) is 3. The highest BCUT2D eigenvalue weighted by Gasteiger charge is 2.24. The number of hydrogen-bond acceptors (Lipinski definition) is 8. The lowest BCUT2D eigenvalue weighted by Crippen LogP contribution is -2.39. The highest BCUT2D eigenvalue weighted by atomic mass is 32.2. The van der Waals surface area contributed by atoms with Crippen molar-refractivity contribution in [2.75, 3.05) is 63.1 Å². The van der Waals surface area contributed by atoms with Gasteiger partial charge in [-0.3, -0.25) is 4.90 Å². The van der Waals surface area contributed by atoms with Gasteiger partial charge in [-0.25, -0.2) is 18.1 Å². The van der Waals surface area contributed by atoms with Crippen LogP contribution in [-0.2, 0) is 14.8 Å². The fourth-order valence-corrected chi connectivity index (χ4v) is 7.40. The quantitative estimate of drug-likeness (QED) is 0.231. The molecular weight excluding hydrogens is 548 g/mol. The van der Waals surface area contributed by atoms with E-state index in [4.69, 9.17) is 14.7 Å². The third-order valence-corrected chi connectivity index (χ3v) is 10.0. The van der Waals surface area contributed by atoms with Crippen LogP contribution in [0, 0.1) is 11.8 Å². The summed E-state index contributed by atoms with van der Waals surface area (Å²) in [7, 11) is -3.57. The number of rotatable bonds is 11. The Bertz CT molecular complexity index is 1600. The molecule has 10 heteroatoms. The van der Waals surface area contributed by atoms with Gasteiger partial charge in [0.05, 0.1) is 23.6 Å². The SMILES string of the molecule is O=S(=O)(NC[C@H]1CC[C@H](CNc2nc(NCCN3CCOCC3)c3ccccc3n2)CC1)c1cccc2ccccc12. The monoisotopic (exact) mass is 588 g/mol. The first-order chi connectivity index (χ1) is 20.5. The van der Waals surface area contributed by atoms with Crippen molar-refractivity contribution >= 4 is 43.5 Å². The zero-order valence-electron chi connectivity index (χ0n) is 24.0. The summed E-state index contributed by atoms with van der Waals surface area (Å²) in [5.41, 5.74) is 0.922. The van der Waals surface area contributed by atoms with Gasteiger partial charge in [-0.15, -0.1) is 0 Å². The van der Waals surface area contributed by atoms with E-state index >= 15 is 0 Å². The molecule has 222 valence electrons. The van der Waals surface area contributed by atoms with Gasteiger partial charge in [0, 0.05) is 50.0 Å². The topological polar surface area (TPSA) is 108 Å². The second-order valence-electron chi connectivity index (χ2n) is 11.4. The Balaban J connectivity index is 1.00. The second-order valence-corrected chi connectivity index (χ2v) is 13.1. The Labute approximate surface area is 248 Å². The Kier molecular flexibility index (Phi) is 9.14. The lowest BCUT2D eigenvalue weighted by Gasteiger charge is -2.29. The van der Waals surface area contributed by atoms with Crippen molar-refractivity contribution < 1.29 is 13.2 Å². The minimum atomic E-state index is -3.57. The van der Waals surface area contributed by atoms with Gasteiger partial charge >= 0.3 is 0 Å². The standard InChI is InChI=1S/C32H40N6O3S/c39-42(40,30-11-5-7-26-6-1-2-8-27(26)30)35-23-25-14-12-24(13-15-25)22-34-32-36-29-10-4-3-9-28(29)31(37-32)33-16-17-38-18-20-41-21-19-38/h1-11,24-25,35H,12-23H2,(H2,33,34,36,37)/t24-,25-. The van der Waals surface area contributed by atoms with Crippen LogP contribution >= 0.6 is 0 Å². The Morgan fingerprint density at radius 3 is 2.29 bits per heavy atom. The van der Waals surface area contributed by atoms with Crippen molar-refractivity contribution in [3.63, 3.8) is 0 Å². The lowest BCUT2D eigenvalue weighted by molar-refractivity contribution is 0.0398. The largest absolute Gasteiger partial charge is 0.379 e. The fraction of sp³-hybridized carbons (Fsp3) is 0.438. The first kappa shape index (κ1) is 28.8.